The van der Waals surface area contributed by atoms with E-state index in [-0.39, 0.29) is 5.91 Å². The largest absolute Gasteiger partial charge is 0.375 e. The molecule has 0 bridgehead atoms. The molecular formula is C14H23N5O2. The Morgan fingerprint density at radius 3 is 3.05 bits per heavy atom. The van der Waals surface area contributed by atoms with Gasteiger partial charge in [-0.05, 0) is 32.9 Å². The number of hydrogen-bond donors (Lipinski definition) is 2. The molecule has 0 radical (unpaired) electrons. The predicted molar refractivity (Wildman–Crippen MR) is 79.1 cm³/mol. The second-order valence-electron chi connectivity index (χ2n) is 5.33. The molecule has 1 aliphatic heterocycles. The Labute approximate surface area is 124 Å². The van der Waals surface area contributed by atoms with Crippen LogP contribution in [0.4, 0.5) is 0 Å². The number of nitrogens with one attached hydrogen (secondary N) is 2. The molecule has 0 unspecified atom stereocenters. The lowest BCUT2D eigenvalue weighted by Gasteiger charge is -2.22. The maximum absolute atomic E-state index is 11.9. The van der Waals surface area contributed by atoms with Gasteiger partial charge in [0.2, 0.25) is 0 Å². The fraction of sp³-hybridized carbons (Fsp3) is 0.643. The minimum atomic E-state index is -0.214. The summed E-state index contributed by atoms with van der Waals surface area (Å²) in [5.41, 5.74) is 1.32. The number of nitrogens with zero attached hydrogens (tertiary/aromatic N) is 3. The number of amides is 1. The van der Waals surface area contributed by atoms with Gasteiger partial charge >= 0.3 is 0 Å². The molecule has 2 heterocycles. The highest BCUT2D eigenvalue weighted by Gasteiger charge is 2.18. The van der Waals surface area contributed by atoms with Gasteiger partial charge in [0, 0.05) is 6.54 Å². The van der Waals surface area contributed by atoms with Gasteiger partial charge in [-0.1, -0.05) is 17.4 Å². The molecule has 7 heteroatoms. The van der Waals surface area contributed by atoms with Crippen molar-refractivity contribution in [3.8, 4) is 0 Å². The van der Waals surface area contributed by atoms with Crippen LogP contribution in [0.1, 0.15) is 36.3 Å². The zero-order valence-electron chi connectivity index (χ0n) is 12.5. The molecule has 21 heavy (non-hydrogen) atoms. The highest BCUT2D eigenvalue weighted by atomic mass is 16.5. The van der Waals surface area contributed by atoms with Crippen molar-refractivity contribution >= 4 is 5.91 Å². The van der Waals surface area contributed by atoms with Crippen LogP contribution < -0.4 is 10.6 Å². The summed E-state index contributed by atoms with van der Waals surface area (Å²) in [5, 5.41) is 14.1. The summed E-state index contributed by atoms with van der Waals surface area (Å²) in [6, 6.07) is 0.333. The summed E-state index contributed by atoms with van der Waals surface area (Å²) < 4.78 is 7.12. The number of rotatable bonds is 7. The van der Waals surface area contributed by atoms with Crippen LogP contribution in [0.5, 0.6) is 0 Å². The highest BCUT2D eigenvalue weighted by molar-refractivity contribution is 5.91. The SMILES string of the molecule is C=C(C)COCCNC(=O)c1cn(C2CCNCC2)nn1. The average molecular weight is 293 g/mol. The van der Waals surface area contributed by atoms with E-state index in [9.17, 15) is 4.79 Å². The molecule has 2 rings (SSSR count). The first-order valence-corrected chi connectivity index (χ1v) is 7.29. The third-order valence-electron chi connectivity index (χ3n) is 3.31. The van der Waals surface area contributed by atoms with E-state index >= 15 is 0 Å². The minimum Gasteiger partial charge on any atom is -0.375 e. The Balaban J connectivity index is 1.75. The van der Waals surface area contributed by atoms with Gasteiger partial charge in [-0.25, -0.2) is 4.68 Å². The Kier molecular flexibility index (Phi) is 5.89. The maximum atomic E-state index is 11.9. The van der Waals surface area contributed by atoms with Gasteiger partial charge in [-0.15, -0.1) is 5.10 Å². The molecule has 1 saturated heterocycles. The van der Waals surface area contributed by atoms with Gasteiger partial charge in [0.25, 0.3) is 5.91 Å². The van der Waals surface area contributed by atoms with E-state index in [4.69, 9.17) is 4.74 Å². The molecule has 2 N–H and O–H groups in total. The fourth-order valence-corrected chi connectivity index (χ4v) is 2.20. The first kappa shape index (κ1) is 15.7. The molecule has 0 saturated carbocycles. The van der Waals surface area contributed by atoms with Crippen LogP contribution in [0, 0.1) is 0 Å². The van der Waals surface area contributed by atoms with Gasteiger partial charge in [0.1, 0.15) is 0 Å². The van der Waals surface area contributed by atoms with Crippen molar-refractivity contribution in [3.05, 3.63) is 24.0 Å². The molecule has 116 valence electrons. The van der Waals surface area contributed by atoms with Crippen LogP contribution in [0.15, 0.2) is 18.3 Å². The van der Waals surface area contributed by atoms with Crippen LogP contribution in [0.2, 0.25) is 0 Å². The van der Waals surface area contributed by atoms with Crippen LogP contribution in [-0.4, -0.2) is 53.7 Å². The van der Waals surface area contributed by atoms with E-state index in [1.54, 1.807) is 10.9 Å². The summed E-state index contributed by atoms with van der Waals surface area (Å²) in [7, 11) is 0. The molecule has 0 aliphatic carbocycles. The molecule has 1 fully saturated rings. The normalized spacial score (nSPS) is 15.9. The van der Waals surface area contributed by atoms with Crippen molar-refractivity contribution in [1.82, 2.24) is 25.6 Å². The number of piperidine rings is 1. The lowest BCUT2D eigenvalue weighted by Crippen LogP contribution is -2.29. The Morgan fingerprint density at radius 2 is 2.33 bits per heavy atom. The number of carbonyl (C=O) groups excluding carboxylic acids is 1. The Hall–Kier alpha value is -1.73. The smallest absolute Gasteiger partial charge is 0.273 e. The fourth-order valence-electron chi connectivity index (χ4n) is 2.20. The number of ether oxygens (including phenoxy) is 1. The molecule has 7 nitrogen and oxygen atoms in total. The lowest BCUT2D eigenvalue weighted by molar-refractivity contribution is 0.0922. The quantitative estimate of drug-likeness (QED) is 0.566. The van der Waals surface area contributed by atoms with E-state index in [0.717, 1.165) is 31.5 Å². The van der Waals surface area contributed by atoms with Crippen molar-refractivity contribution < 1.29 is 9.53 Å². The van der Waals surface area contributed by atoms with Gasteiger partial charge in [0.05, 0.1) is 25.5 Å². The summed E-state index contributed by atoms with van der Waals surface area (Å²) >= 11 is 0. The van der Waals surface area contributed by atoms with Crippen molar-refractivity contribution in [3.63, 3.8) is 0 Å². The third-order valence-corrected chi connectivity index (χ3v) is 3.31. The lowest BCUT2D eigenvalue weighted by atomic mass is 10.1. The van der Waals surface area contributed by atoms with E-state index in [1.807, 2.05) is 6.92 Å². The summed E-state index contributed by atoms with van der Waals surface area (Å²) in [4.78, 5) is 11.9. The van der Waals surface area contributed by atoms with Crippen LogP contribution in [0.25, 0.3) is 0 Å². The van der Waals surface area contributed by atoms with E-state index in [1.165, 1.54) is 0 Å². The summed E-state index contributed by atoms with van der Waals surface area (Å²) in [6.45, 7) is 9.03. The van der Waals surface area contributed by atoms with E-state index in [2.05, 4.69) is 27.5 Å². The second kappa shape index (κ2) is 7.90. The maximum Gasteiger partial charge on any atom is 0.273 e. The number of hydrogen-bond acceptors (Lipinski definition) is 5. The van der Waals surface area contributed by atoms with E-state index in [0.29, 0.717) is 31.5 Å². The predicted octanol–water partition coefficient (Wildman–Crippen LogP) is 0.525. The number of aromatic nitrogens is 3. The molecular weight excluding hydrogens is 270 g/mol. The highest BCUT2D eigenvalue weighted by Crippen LogP contribution is 2.16. The Bertz CT molecular complexity index is 479. The van der Waals surface area contributed by atoms with Crippen molar-refractivity contribution in [2.45, 2.75) is 25.8 Å². The van der Waals surface area contributed by atoms with Crippen molar-refractivity contribution in [2.24, 2.45) is 0 Å². The van der Waals surface area contributed by atoms with Crippen LogP contribution in [0.3, 0.4) is 0 Å². The van der Waals surface area contributed by atoms with E-state index < -0.39 is 0 Å². The summed E-state index contributed by atoms with van der Waals surface area (Å²) in [5.74, 6) is -0.214. The van der Waals surface area contributed by atoms with Crippen LogP contribution in [-0.2, 0) is 4.74 Å². The summed E-state index contributed by atoms with van der Waals surface area (Å²) in [6.07, 6.45) is 3.75. The number of carbonyl (C=O) groups is 1. The second-order valence-corrected chi connectivity index (χ2v) is 5.33. The molecule has 0 atom stereocenters. The zero-order valence-corrected chi connectivity index (χ0v) is 12.5. The first-order chi connectivity index (χ1) is 10.2. The van der Waals surface area contributed by atoms with Crippen molar-refractivity contribution in [1.29, 1.82) is 0 Å². The molecule has 0 spiro atoms. The van der Waals surface area contributed by atoms with Gasteiger partial charge in [0.15, 0.2) is 5.69 Å². The Morgan fingerprint density at radius 1 is 1.57 bits per heavy atom. The average Bonchev–Trinajstić information content (AvgIpc) is 2.97. The first-order valence-electron chi connectivity index (χ1n) is 7.29. The minimum absolute atomic E-state index is 0.214. The third kappa shape index (κ3) is 4.95. The molecule has 0 aromatic carbocycles. The molecule has 1 amide bonds. The standard InChI is InChI=1S/C14H23N5O2/c1-11(2)10-21-8-7-16-14(20)13-9-19(18-17-13)12-3-5-15-6-4-12/h9,12,15H,1,3-8,10H2,2H3,(H,16,20). The topological polar surface area (TPSA) is 81.1 Å². The monoisotopic (exact) mass is 293 g/mol. The molecule has 1 aromatic heterocycles. The van der Waals surface area contributed by atoms with Gasteiger partial charge < -0.3 is 15.4 Å². The van der Waals surface area contributed by atoms with Gasteiger partial charge in [-0.3, -0.25) is 4.79 Å². The zero-order chi connectivity index (χ0) is 15.1. The van der Waals surface area contributed by atoms with Crippen molar-refractivity contribution in [2.75, 3.05) is 32.8 Å². The van der Waals surface area contributed by atoms with Crippen LogP contribution >= 0.6 is 0 Å². The molecule has 1 aromatic rings. The molecule has 1 aliphatic rings. The van der Waals surface area contributed by atoms with Gasteiger partial charge in [-0.2, -0.15) is 0 Å².